The van der Waals surface area contributed by atoms with Crippen LogP contribution in [-0.2, 0) is 14.6 Å². The highest BCUT2D eigenvalue weighted by atomic mass is 32.2. The van der Waals surface area contributed by atoms with Crippen molar-refractivity contribution in [2.45, 2.75) is 26.7 Å². The monoisotopic (exact) mass is 233 g/mol. The third-order valence-electron chi connectivity index (χ3n) is 2.62. The highest BCUT2D eigenvalue weighted by molar-refractivity contribution is 7.91. The molecule has 0 aromatic carbocycles. The Morgan fingerprint density at radius 1 is 1.47 bits per heavy atom. The Labute approximate surface area is 91.4 Å². The van der Waals surface area contributed by atoms with Gasteiger partial charge in [-0.1, -0.05) is 13.8 Å². The van der Waals surface area contributed by atoms with Crippen LogP contribution in [0.3, 0.4) is 0 Å². The van der Waals surface area contributed by atoms with E-state index in [2.05, 4.69) is 19.2 Å². The number of carbonyl (C=O) groups is 1. The van der Waals surface area contributed by atoms with Crippen LogP contribution in [0.4, 0.5) is 0 Å². The summed E-state index contributed by atoms with van der Waals surface area (Å²) in [5.74, 6) is 0.326. The van der Waals surface area contributed by atoms with Crippen molar-refractivity contribution in [3.05, 3.63) is 0 Å². The first-order valence-electron chi connectivity index (χ1n) is 5.39. The molecule has 1 N–H and O–H groups in total. The van der Waals surface area contributed by atoms with Crippen LogP contribution in [-0.4, -0.2) is 32.4 Å². The molecule has 5 heteroatoms. The van der Waals surface area contributed by atoms with E-state index in [1.165, 1.54) is 0 Å². The number of carbonyl (C=O) groups excluding carboxylic acids is 1. The third-order valence-corrected chi connectivity index (χ3v) is 4.39. The molecule has 1 aliphatic rings. The van der Waals surface area contributed by atoms with E-state index in [4.69, 9.17) is 0 Å². The van der Waals surface area contributed by atoms with Gasteiger partial charge in [0.2, 0.25) is 5.91 Å². The Morgan fingerprint density at radius 3 is 2.60 bits per heavy atom. The Balaban J connectivity index is 2.30. The van der Waals surface area contributed by atoms with Gasteiger partial charge in [0.25, 0.3) is 0 Å². The zero-order valence-electron chi connectivity index (χ0n) is 9.32. The number of nitrogens with one attached hydrogen (secondary N) is 1. The molecule has 1 amide bonds. The van der Waals surface area contributed by atoms with Crippen molar-refractivity contribution in [1.29, 1.82) is 0 Å². The molecule has 1 rings (SSSR count). The number of hydrogen-bond acceptors (Lipinski definition) is 3. The topological polar surface area (TPSA) is 63.2 Å². The fraction of sp³-hybridized carbons (Fsp3) is 0.900. The van der Waals surface area contributed by atoms with Crippen LogP contribution in [0.15, 0.2) is 0 Å². The maximum Gasteiger partial charge on any atom is 0.224 e. The SMILES string of the molecule is CC(C)CCNC(=O)C1CCS(=O)(=O)C1. The second-order valence-electron chi connectivity index (χ2n) is 4.57. The van der Waals surface area contributed by atoms with Crippen LogP contribution in [0.2, 0.25) is 0 Å². The fourth-order valence-corrected chi connectivity index (χ4v) is 3.37. The number of sulfone groups is 1. The highest BCUT2D eigenvalue weighted by Crippen LogP contribution is 2.18. The zero-order valence-corrected chi connectivity index (χ0v) is 10.1. The number of amides is 1. The summed E-state index contributed by atoms with van der Waals surface area (Å²) >= 11 is 0. The molecule has 1 heterocycles. The van der Waals surface area contributed by atoms with E-state index in [1.54, 1.807) is 0 Å². The van der Waals surface area contributed by atoms with Crippen molar-refractivity contribution in [2.24, 2.45) is 11.8 Å². The molecule has 1 unspecified atom stereocenters. The van der Waals surface area contributed by atoms with Crippen LogP contribution in [0.1, 0.15) is 26.7 Å². The predicted octanol–water partition coefficient (Wildman–Crippen LogP) is 0.583. The molecule has 0 aromatic rings. The first kappa shape index (κ1) is 12.5. The summed E-state index contributed by atoms with van der Waals surface area (Å²) < 4.78 is 22.3. The summed E-state index contributed by atoms with van der Waals surface area (Å²) in [4.78, 5) is 11.5. The van der Waals surface area contributed by atoms with E-state index < -0.39 is 9.84 Å². The van der Waals surface area contributed by atoms with Crippen molar-refractivity contribution >= 4 is 15.7 Å². The predicted molar refractivity (Wildman–Crippen MR) is 59.2 cm³/mol. The van der Waals surface area contributed by atoms with Gasteiger partial charge in [-0.25, -0.2) is 8.42 Å². The highest BCUT2D eigenvalue weighted by Gasteiger charge is 2.32. The van der Waals surface area contributed by atoms with Crippen LogP contribution in [0.5, 0.6) is 0 Å². The molecule has 1 aliphatic heterocycles. The lowest BCUT2D eigenvalue weighted by Crippen LogP contribution is -2.32. The Bertz CT molecular complexity index is 322. The van der Waals surface area contributed by atoms with Crippen LogP contribution >= 0.6 is 0 Å². The van der Waals surface area contributed by atoms with Crippen LogP contribution in [0.25, 0.3) is 0 Å². The number of rotatable bonds is 4. The van der Waals surface area contributed by atoms with Gasteiger partial charge in [-0.05, 0) is 18.8 Å². The number of hydrogen-bond donors (Lipinski definition) is 1. The van der Waals surface area contributed by atoms with E-state index in [-0.39, 0.29) is 23.3 Å². The van der Waals surface area contributed by atoms with Crippen molar-refractivity contribution in [1.82, 2.24) is 5.32 Å². The standard InChI is InChI=1S/C10H19NO3S/c1-8(2)3-5-11-10(12)9-4-6-15(13,14)7-9/h8-9H,3-7H2,1-2H3,(H,11,12). The molecule has 15 heavy (non-hydrogen) atoms. The molecule has 0 radical (unpaired) electrons. The molecule has 0 aliphatic carbocycles. The molecule has 1 saturated heterocycles. The van der Waals surface area contributed by atoms with Crippen molar-refractivity contribution in [2.75, 3.05) is 18.1 Å². The van der Waals surface area contributed by atoms with E-state index in [9.17, 15) is 13.2 Å². The normalized spacial score (nSPS) is 24.3. The summed E-state index contributed by atoms with van der Waals surface area (Å²) in [6.07, 6.45) is 1.42. The minimum absolute atomic E-state index is 0.0283. The summed E-state index contributed by atoms with van der Waals surface area (Å²) in [6.45, 7) is 4.82. The maximum atomic E-state index is 11.5. The minimum atomic E-state index is -2.94. The average molecular weight is 233 g/mol. The van der Waals surface area contributed by atoms with Gasteiger partial charge in [-0.2, -0.15) is 0 Å². The molecule has 4 nitrogen and oxygen atoms in total. The molecule has 0 bridgehead atoms. The zero-order chi connectivity index (χ0) is 11.5. The largest absolute Gasteiger partial charge is 0.356 e. The lowest BCUT2D eigenvalue weighted by Gasteiger charge is -2.10. The molecule has 88 valence electrons. The molecule has 1 atom stereocenters. The van der Waals surface area contributed by atoms with Gasteiger partial charge < -0.3 is 5.32 Å². The molecule has 0 spiro atoms. The second-order valence-corrected chi connectivity index (χ2v) is 6.80. The third kappa shape index (κ3) is 4.20. The van der Waals surface area contributed by atoms with E-state index in [0.717, 1.165) is 6.42 Å². The molecule has 0 aromatic heterocycles. The summed E-state index contributed by atoms with van der Waals surface area (Å²) in [5, 5.41) is 2.79. The molecular weight excluding hydrogens is 214 g/mol. The molecule has 1 fully saturated rings. The Kier molecular flexibility index (Phi) is 4.13. The fourth-order valence-electron chi connectivity index (χ4n) is 1.63. The Morgan fingerprint density at radius 2 is 2.13 bits per heavy atom. The van der Waals surface area contributed by atoms with Crippen LogP contribution < -0.4 is 5.32 Å². The molecule has 0 saturated carbocycles. The van der Waals surface area contributed by atoms with Crippen LogP contribution in [0, 0.1) is 11.8 Å². The van der Waals surface area contributed by atoms with Gasteiger partial charge in [-0.3, -0.25) is 4.79 Å². The summed E-state index contributed by atoms with van der Waals surface area (Å²) in [5.41, 5.74) is 0. The van der Waals surface area contributed by atoms with E-state index in [0.29, 0.717) is 18.9 Å². The maximum absolute atomic E-state index is 11.5. The van der Waals surface area contributed by atoms with E-state index in [1.807, 2.05) is 0 Å². The summed E-state index contributed by atoms with van der Waals surface area (Å²) in [7, 11) is -2.94. The van der Waals surface area contributed by atoms with Gasteiger partial charge >= 0.3 is 0 Å². The van der Waals surface area contributed by atoms with Gasteiger partial charge in [0.1, 0.15) is 0 Å². The van der Waals surface area contributed by atoms with Gasteiger partial charge in [0.05, 0.1) is 17.4 Å². The smallest absolute Gasteiger partial charge is 0.224 e. The summed E-state index contributed by atoms with van der Waals surface area (Å²) in [6, 6.07) is 0. The lowest BCUT2D eigenvalue weighted by atomic mass is 10.1. The van der Waals surface area contributed by atoms with Gasteiger partial charge in [-0.15, -0.1) is 0 Å². The van der Waals surface area contributed by atoms with E-state index >= 15 is 0 Å². The molecular formula is C10H19NO3S. The Hall–Kier alpha value is -0.580. The quantitative estimate of drug-likeness (QED) is 0.772. The van der Waals surface area contributed by atoms with Crippen molar-refractivity contribution in [3.8, 4) is 0 Å². The van der Waals surface area contributed by atoms with Crippen molar-refractivity contribution in [3.63, 3.8) is 0 Å². The van der Waals surface area contributed by atoms with Crippen molar-refractivity contribution < 1.29 is 13.2 Å². The minimum Gasteiger partial charge on any atom is -0.356 e. The average Bonchev–Trinajstić information content (AvgIpc) is 2.45. The second kappa shape index (κ2) is 4.96. The van der Waals surface area contributed by atoms with Gasteiger partial charge in [0.15, 0.2) is 9.84 Å². The van der Waals surface area contributed by atoms with Gasteiger partial charge in [0, 0.05) is 6.54 Å². The first-order chi connectivity index (χ1) is 6.91. The lowest BCUT2D eigenvalue weighted by molar-refractivity contribution is -0.124. The first-order valence-corrected chi connectivity index (χ1v) is 7.21.